The third-order valence-corrected chi connectivity index (χ3v) is 2.72. The number of hydrogen-bond acceptors (Lipinski definition) is 4. The minimum atomic E-state index is -0.499. The number of aryl methyl sites for hydroxylation is 1. The molecule has 7 nitrogen and oxygen atoms in total. The third-order valence-electron chi connectivity index (χ3n) is 2.72. The summed E-state index contributed by atoms with van der Waals surface area (Å²) in [5.41, 5.74) is 1.02. The van der Waals surface area contributed by atoms with Crippen LogP contribution in [0.2, 0.25) is 0 Å². The molecule has 1 amide bonds. The number of aromatic amines is 1. The van der Waals surface area contributed by atoms with Crippen molar-refractivity contribution >= 4 is 17.3 Å². The van der Waals surface area contributed by atoms with Gasteiger partial charge >= 0.3 is 0 Å². The number of non-ortho nitro benzene ring substituents is 1. The van der Waals surface area contributed by atoms with Gasteiger partial charge in [-0.1, -0.05) is 0 Å². The van der Waals surface area contributed by atoms with Gasteiger partial charge in [0.2, 0.25) is 5.56 Å². The number of carbonyl (C=O) groups is 1. The maximum atomic E-state index is 11.9. The molecule has 7 heteroatoms. The van der Waals surface area contributed by atoms with Gasteiger partial charge in [-0.05, 0) is 24.6 Å². The minimum absolute atomic E-state index is 0.0375. The highest BCUT2D eigenvalue weighted by molar-refractivity contribution is 6.04. The quantitative estimate of drug-likeness (QED) is 0.657. The van der Waals surface area contributed by atoms with Gasteiger partial charge in [0, 0.05) is 30.1 Å². The van der Waals surface area contributed by atoms with Crippen LogP contribution in [0.3, 0.4) is 0 Å². The fourth-order valence-electron chi connectivity index (χ4n) is 1.65. The van der Waals surface area contributed by atoms with Gasteiger partial charge in [0.25, 0.3) is 11.6 Å². The zero-order valence-electron chi connectivity index (χ0n) is 10.5. The van der Waals surface area contributed by atoms with Gasteiger partial charge in [0.05, 0.1) is 10.5 Å². The van der Waals surface area contributed by atoms with E-state index in [9.17, 15) is 19.7 Å². The van der Waals surface area contributed by atoms with Crippen molar-refractivity contribution in [1.29, 1.82) is 0 Å². The molecule has 0 aliphatic rings. The number of H-pyrrole nitrogens is 1. The Morgan fingerprint density at radius 1 is 1.30 bits per heavy atom. The van der Waals surface area contributed by atoms with Crippen molar-refractivity contribution < 1.29 is 9.72 Å². The lowest BCUT2D eigenvalue weighted by molar-refractivity contribution is -0.384. The van der Waals surface area contributed by atoms with Crippen LogP contribution < -0.4 is 10.9 Å². The van der Waals surface area contributed by atoms with Crippen LogP contribution >= 0.6 is 0 Å². The van der Waals surface area contributed by atoms with E-state index in [-0.39, 0.29) is 11.2 Å². The van der Waals surface area contributed by atoms with Gasteiger partial charge in [-0.3, -0.25) is 19.7 Å². The van der Waals surface area contributed by atoms with Crippen LogP contribution in [0.25, 0.3) is 0 Å². The summed E-state index contributed by atoms with van der Waals surface area (Å²) in [5.74, 6) is -0.404. The molecule has 0 bridgehead atoms. The molecule has 1 heterocycles. The zero-order chi connectivity index (χ0) is 14.7. The van der Waals surface area contributed by atoms with Crippen molar-refractivity contribution in [2.45, 2.75) is 6.92 Å². The minimum Gasteiger partial charge on any atom is -0.328 e. The Morgan fingerprint density at radius 3 is 2.60 bits per heavy atom. The van der Waals surface area contributed by atoms with Crippen molar-refractivity contribution in [2.75, 3.05) is 5.32 Å². The van der Waals surface area contributed by atoms with E-state index < -0.39 is 10.8 Å². The van der Waals surface area contributed by atoms with E-state index in [1.54, 1.807) is 6.92 Å². The van der Waals surface area contributed by atoms with E-state index in [1.165, 1.54) is 36.5 Å². The first-order valence-corrected chi connectivity index (χ1v) is 5.72. The number of nitrogens with zero attached hydrogens (tertiary/aromatic N) is 1. The van der Waals surface area contributed by atoms with Crippen molar-refractivity contribution in [3.05, 3.63) is 68.1 Å². The van der Waals surface area contributed by atoms with Crippen LogP contribution in [0.15, 0.2) is 41.3 Å². The van der Waals surface area contributed by atoms with Crippen molar-refractivity contribution in [3.63, 3.8) is 0 Å². The molecule has 0 spiro atoms. The van der Waals surface area contributed by atoms with Gasteiger partial charge < -0.3 is 10.3 Å². The predicted molar refractivity (Wildman–Crippen MR) is 72.8 cm³/mol. The number of nitro benzene ring substituents is 1. The van der Waals surface area contributed by atoms with E-state index in [0.29, 0.717) is 16.8 Å². The van der Waals surface area contributed by atoms with E-state index >= 15 is 0 Å². The average Bonchev–Trinajstić information content (AvgIpc) is 2.41. The summed E-state index contributed by atoms with van der Waals surface area (Å²) in [7, 11) is 0. The summed E-state index contributed by atoms with van der Waals surface area (Å²) < 4.78 is 0. The first-order valence-electron chi connectivity index (χ1n) is 5.72. The molecule has 2 N–H and O–H groups in total. The topological polar surface area (TPSA) is 105 Å². The van der Waals surface area contributed by atoms with E-state index in [4.69, 9.17) is 0 Å². The highest BCUT2D eigenvalue weighted by Gasteiger charge is 2.11. The number of nitrogens with one attached hydrogen (secondary N) is 2. The Kier molecular flexibility index (Phi) is 3.60. The number of rotatable bonds is 3. The van der Waals surface area contributed by atoms with Crippen molar-refractivity contribution in [3.8, 4) is 0 Å². The molecule has 0 saturated heterocycles. The number of aromatic nitrogens is 1. The molecule has 0 radical (unpaired) electrons. The smallest absolute Gasteiger partial charge is 0.269 e. The summed E-state index contributed by atoms with van der Waals surface area (Å²) in [6.07, 6.45) is 1.30. The van der Waals surface area contributed by atoms with Gasteiger partial charge in [0.1, 0.15) is 0 Å². The standard InChI is InChI=1S/C13H11N3O4/c1-8-6-10(16(19)20)3-4-11(8)15-13(18)9-2-5-12(17)14-7-9/h2-7H,1H3,(H,14,17)(H,15,18). The van der Waals surface area contributed by atoms with E-state index in [0.717, 1.165) is 0 Å². The Labute approximate surface area is 113 Å². The summed E-state index contributed by atoms with van der Waals surface area (Å²) in [6, 6.07) is 6.81. The molecule has 20 heavy (non-hydrogen) atoms. The predicted octanol–water partition coefficient (Wildman–Crippen LogP) is 1.84. The van der Waals surface area contributed by atoms with Crippen LogP contribution in [0.4, 0.5) is 11.4 Å². The molecule has 102 valence electrons. The molecule has 0 saturated carbocycles. The highest BCUT2D eigenvalue weighted by Crippen LogP contribution is 2.21. The first-order chi connectivity index (χ1) is 9.47. The molecule has 2 aromatic rings. The fraction of sp³-hybridized carbons (Fsp3) is 0.0769. The van der Waals surface area contributed by atoms with Gasteiger partial charge in [-0.2, -0.15) is 0 Å². The van der Waals surface area contributed by atoms with E-state index in [2.05, 4.69) is 10.3 Å². The summed E-state index contributed by atoms with van der Waals surface area (Å²) in [5, 5.41) is 13.3. The molecule has 0 aliphatic carbocycles. The molecule has 0 fully saturated rings. The molecule has 1 aromatic carbocycles. The third kappa shape index (κ3) is 2.89. The molecule has 1 aromatic heterocycles. The number of hydrogen-bond donors (Lipinski definition) is 2. The van der Waals surface area contributed by atoms with Gasteiger partial charge in [-0.15, -0.1) is 0 Å². The number of anilines is 1. The Bertz CT molecular complexity index is 716. The number of nitro groups is 1. The largest absolute Gasteiger partial charge is 0.328 e. The number of carbonyl (C=O) groups excluding carboxylic acids is 1. The lowest BCUT2D eigenvalue weighted by atomic mass is 10.1. The highest BCUT2D eigenvalue weighted by atomic mass is 16.6. The van der Waals surface area contributed by atoms with Crippen LogP contribution in [0, 0.1) is 17.0 Å². The maximum Gasteiger partial charge on any atom is 0.269 e. The van der Waals surface area contributed by atoms with Crippen LogP contribution in [0.5, 0.6) is 0 Å². The molecule has 0 unspecified atom stereocenters. The second-order valence-corrected chi connectivity index (χ2v) is 4.15. The van der Waals surface area contributed by atoms with Gasteiger partial charge in [-0.25, -0.2) is 0 Å². The Hall–Kier alpha value is -2.96. The number of benzene rings is 1. The molecular formula is C13H11N3O4. The first kappa shape index (κ1) is 13.5. The maximum absolute atomic E-state index is 11.9. The second kappa shape index (κ2) is 5.35. The molecule has 2 rings (SSSR count). The van der Waals surface area contributed by atoms with Crippen LogP contribution in [-0.2, 0) is 0 Å². The lowest BCUT2D eigenvalue weighted by Gasteiger charge is -2.07. The SMILES string of the molecule is Cc1cc([N+](=O)[O-])ccc1NC(=O)c1ccc(=O)[nH]c1. The summed E-state index contributed by atoms with van der Waals surface area (Å²) >= 11 is 0. The number of pyridine rings is 1. The van der Waals surface area contributed by atoms with Crippen molar-refractivity contribution in [1.82, 2.24) is 4.98 Å². The molecule has 0 atom stereocenters. The Morgan fingerprint density at radius 2 is 2.05 bits per heavy atom. The van der Waals surface area contributed by atoms with Crippen molar-refractivity contribution in [2.24, 2.45) is 0 Å². The number of amides is 1. The zero-order valence-corrected chi connectivity index (χ0v) is 10.5. The normalized spacial score (nSPS) is 10.1. The second-order valence-electron chi connectivity index (χ2n) is 4.15. The van der Waals surface area contributed by atoms with Crippen LogP contribution in [-0.4, -0.2) is 15.8 Å². The summed E-state index contributed by atoms with van der Waals surface area (Å²) in [4.78, 5) is 35.4. The Balaban J connectivity index is 2.21. The molecule has 0 aliphatic heterocycles. The summed E-state index contributed by atoms with van der Waals surface area (Å²) in [6.45, 7) is 1.66. The monoisotopic (exact) mass is 273 g/mol. The van der Waals surface area contributed by atoms with E-state index in [1.807, 2.05) is 0 Å². The fourth-order valence-corrected chi connectivity index (χ4v) is 1.65. The molecular weight excluding hydrogens is 262 g/mol. The lowest BCUT2D eigenvalue weighted by Crippen LogP contribution is -2.15. The van der Waals surface area contributed by atoms with Crippen LogP contribution in [0.1, 0.15) is 15.9 Å². The average molecular weight is 273 g/mol. The van der Waals surface area contributed by atoms with Gasteiger partial charge in [0.15, 0.2) is 0 Å².